The number of carbonyl (C=O) groups is 1. The standard InChI is InChI=1S/C28H38N6O5/c1-17-25(24-18(2)32-39-19(24)3)30-26(20-9-7-11-23(13-20)38-16-22(35)14-29-4)31-27(17)34-12-8-10-21(15-34)33(5)28(36)37-6/h7,9,11,13,21-22,29,35H,8,10,12,14-16H2,1-6H3/t21-,22?/m1/s1. The third-order valence-corrected chi connectivity index (χ3v) is 7.07. The average molecular weight is 539 g/mol. The van der Waals surface area contributed by atoms with Gasteiger partial charge in [-0.3, -0.25) is 0 Å². The van der Waals surface area contributed by atoms with E-state index in [9.17, 15) is 9.90 Å². The van der Waals surface area contributed by atoms with E-state index in [0.717, 1.165) is 53.3 Å². The van der Waals surface area contributed by atoms with Crippen LogP contribution in [-0.2, 0) is 4.74 Å². The molecular weight excluding hydrogens is 500 g/mol. The molecule has 1 unspecified atom stereocenters. The maximum atomic E-state index is 12.2. The monoisotopic (exact) mass is 538 g/mol. The molecule has 0 radical (unpaired) electrons. The first-order chi connectivity index (χ1) is 18.7. The number of aromatic nitrogens is 3. The lowest BCUT2D eigenvalue weighted by atomic mass is 10.0. The van der Waals surface area contributed by atoms with E-state index in [1.807, 2.05) is 45.0 Å². The third-order valence-electron chi connectivity index (χ3n) is 7.07. The Kier molecular flexibility index (Phi) is 9.03. The molecule has 0 bridgehead atoms. The Morgan fingerprint density at radius 1 is 1.31 bits per heavy atom. The fourth-order valence-corrected chi connectivity index (χ4v) is 4.97. The van der Waals surface area contributed by atoms with E-state index in [1.165, 1.54) is 7.11 Å². The predicted octanol–water partition coefficient (Wildman–Crippen LogP) is 3.35. The van der Waals surface area contributed by atoms with Crippen LogP contribution in [0, 0.1) is 20.8 Å². The number of methoxy groups -OCH3 is 1. The van der Waals surface area contributed by atoms with Crippen LogP contribution in [0.1, 0.15) is 29.9 Å². The van der Waals surface area contributed by atoms with Crippen molar-refractivity contribution >= 4 is 11.9 Å². The van der Waals surface area contributed by atoms with Crippen LogP contribution >= 0.6 is 0 Å². The number of benzene rings is 1. The van der Waals surface area contributed by atoms with Crippen LogP contribution in [0.5, 0.6) is 5.75 Å². The van der Waals surface area contributed by atoms with E-state index in [1.54, 1.807) is 19.0 Å². The zero-order valence-corrected chi connectivity index (χ0v) is 23.5. The fraction of sp³-hybridized carbons (Fsp3) is 0.500. The quantitative estimate of drug-likeness (QED) is 0.419. The molecular formula is C28H38N6O5. The molecule has 0 spiro atoms. The second kappa shape index (κ2) is 12.4. The van der Waals surface area contributed by atoms with E-state index in [4.69, 9.17) is 24.0 Å². The fourth-order valence-electron chi connectivity index (χ4n) is 4.97. The molecule has 2 aromatic heterocycles. The number of amides is 1. The van der Waals surface area contributed by atoms with Gasteiger partial charge in [-0.05, 0) is 52.8 Å². The van der Waals surface area contributed by atoms with Crippen LogP contribution in [0.15, 0.2) is 28.8 Å². The molecule has 1 aliphatic heterocycles. The van der Waals surface area contributed by atoms with Gasteiger partial charge in [-0.1, -0.05) is 17.3 Å². The van der Waals surface area contributed by atoms with Gasteiger partial charge in [-0.2, -0.15) is 0 Å². The summed E-state index contributed by atoms with van der Waals surface area (Å²) in [5.41, 5.74) is 4.05. The molecule has 3 heterocycles. The van der Waals surface area contributed by atoms with Crippen LogP contribution in [0.4, 0.5) is 10.6 Å². The van der Waals surface area contributed by atoms with Gasteiger partial charge >= 0.3 is 6.09 Å². The maximum absolute atomic E-state index is 12.2. The number of aryl methyl sites for hydroxylation is 2. The Morgan fingerprint density at radius 3 is 2.79 bits per heavy atom. The van der Waals surface area contributed by atoms with Crippen molar-refractivity contribution in [2.45, 2.75) is 45.8 Å². The van der Waals surface area contributed by atoms with Crippen molar-refractivity contribution in [3.63, 3.8) is 0 Å². The molecule has 1 saturated heterocycles. The summed E-state index contributed by atoms with van der Waals surface area (Å²) in [7, 11) is 4.95. The highest BCUT2D eigenvalue weighted by Crippen LogP contribution is 2.36. The number of rotatable bonds is 9. The lowest BCUT2D eigenvalue weighted by molar-refractivity contribution is 0.108. The molecule has 1 aliphatic rings. The molecule has 1 fully saturated rings. The van der Waals surface area contributed by atoms with E-state index in [2.05, 4.69) is 15.4 Å². The molecule has 4 rings (SSSR count). The van der Waals surface area contributed by atoms with Crippen molar-refractivity contribution < 1.29 is 23.9 Å². The number of nitrogens with zero attached hydrogens (tertiary/aromatic N) is 5. The Labute approximate surface area is 229 Å². The van der Waals surface area contributed by atoms with Gasteiger partial charge in [-0.25, -0.2) is 14.8 Å². The van der Waals surface area contributed by atoms with Gasteiger partial charge in [0.15, 0.2) is 5.82 Å². The second-order valence-electron chi connectivity index (χ2n) is 9.92. The second-order valence-corrected chi connectivity index (χ2v) is 9.92. The molecule has 0 aliphatic carbocycles. The Hall–Kier alpha value is -3.70. The molecule has 1 amide bonds. The largest absolute Gasteiger partial charge is 0.491 e. The first-order valence-electron chi connectivity index (χ1n) is 13.2. The molecule has 11 nitrogen and oxygen atoms in total. The first-order valence-corrected chi connectivity index (χ1v) is 13.2. The zero-order chi connectivity index (χ0) is 28.1. The van der Waals surface area contributed by atoms with Crippen molar-refractivity contribution in [1.29, 1.82) is 0 Å². The number of aliphatic hydroxyl groups is 1. The topological polar surface area (TPSA) is 126 Å². The van der Waals surface area contributed by atoms with E-state index in [-0.39, 0.29) is 18.7 Å². The van der Waals surface area contributed by atoms with Gasteiger partial charge in [-0.15, -0.1) is 0 Å². The average Bonchev–Trinajstić information content (AvgIpc) is 3.28. The Bertz CT molecular complexity index is 1280. The number of carbonyl (C=O) groups excluding carboxylic acids is 1. The highest BCUT2D eigenvalue weighted by Gasteiger charge is 2.30. The predicted molar refractivity (Wildman–Crippen MR) is 148 cm³/mol. The summed E-state index contributed by atoms with van der Waals surface area (Å²) in [6.07, 6.45) is 0.815. The summed E-state index contributed by atoms with van der Waals surface area (Å²) in [5.74, 6) is 2.64. The van der Waals surface area contributed by atoms with Crippen LogP contribution in [0.3, 0.4) is 0 Å². The minimum atomic E-state index is -0.623. The molecule has 2 N–H and O–H groups in total. The lowest BCUT2D eigenvalue weighted by Crippen LogP contribution is -2.49. The number of anilines is 1. The van der Waals surface area contributed by atoms with Crippen LogP contribution in [-0.4, -0.2) is 90.8 Å². The summed E-state index contributed by atoms with van der Waals surface area (Å²) in [6, 6.07) is 7.54. The lowest BCUT2D eigenvalue weighted by Gasteiger charge is -2.38. The molecule has 0 saturated carbocycles. The minimum absolute atomic E-state index is 0.00713. The highest BCUT2D eigenvalue weighted by molar-refractivity contribution is 5.75. The SMILES string of the molecule is CNCC(O)COc1cccc(-c2nc(-c3c(C)noc3C)c(C)c(N3CCC[C@@H](N(C)C(=O)OC)C3)n2)c1. The number of hydrogen-bond acceptors (Lipinski definition) is 10. The molecule has 39 heavy (non-hydrogen) atoms. The molecule has 3 aromatic rings. The van der Waals surface area contributed by atoms with Crippen LogP contribution in [0.2, 0.25) is 0 Å². The molecule has 1 aromatic carbocycles. The molecule has 210 valence electrons. The van der Waals surface area contributed by atoms with Crippen molar-refractivity contribution in [2.24, 2.45) is 0 Å². The summed E-state index contributed by atoms with van der Waals surface area (Å²) < 4.78 is 16.3. The Morgan fingerprint density at radius 2 is 2.10 bits per heavy atom. The summed E-state index contributed by atoms with van der Waals surface area (Å²) in [5, 5.41) is 17.1. The van der Waals surface area contributed by atoms with Gasteiger partial charge in [0.1, 0.15) is 30.0 Å². The van der Waals surface area contributed by atoms with Crippen molar-refractivity contribution in [1.82, 2.24) is 25.3 Å². The van der Waals surface area contributed by atoms with Gasteiger partial charge < -0.3 is 34.2 Å². The highest BCUT2D eigenvalue weighted by atomic mass is 16.5. The number of aliphatic hydroxyl groups excluding tert-OH is 1. The van der Waals surface area contributed by atoms with Crippen molar-refractivity contribution in [3.05, 3.63) is 41.3 Å². The van der Waals surface area contributed by atoms with Crippen LogP contribution in [0.25, 0.3) is 22.6 Å². The number of hydrogen-bond donors (Lipinski definition) is 2. The molecule has 2 atom stereocenters. The smallest absolute Gasteiger partial charge is 0.409 e. The number of piperidine rings is 1. The van der Waals surface area contributed by atoms with Gasteiger partial charge in [0.05, 0.1) is 30.1 Å². The minimum Gasteiger partial charge on any atom is -0.491 e. The van der Waals surface area contributed by atoms with E-state index < -0.39 is 6.10 Å². The zero-order valence-electron chi connectivity index (χ0n) is 23.5. The van der Waals surface area contributed by atoms with Gasteiger partial charge in [0.2, 0.25) is 0 Å². The number of likely N-dealkylation sites (N-methyl/N-ethyl adjacent to an activating group) is 2. The number of ether oxygens (including phenoxy) is 2. The Balaban J connectivity index is 1.75. The molecule has 11 heteroatoms. The summed E-state index contributed by atoms with van der Waals surface area (Å²) in [6.45, 7) is 7.82. The number of nitrogens with one attached hydrogen (secondary N) is 1. The van der Waals surface area contributed by atoms with Crippen molar-refractivity contribution in [3.8, 4) is 28.4 Å². The third kappa shape index (κ3) is 6.31. The van der Waals surface area contributed by atoms with Crippen LogP contribution < -0.4 is 15.0 Å². The van der Waals surface area contributed by atoms with E-state index in [0.29, 0.717) is 30.4 Å². The first kappa shape index (κ1) is 28.3. The summed E-state index contributed by atoms with van der Waals surface area (Å²) in [4.78, 5) is 26.1. The maximum Gasteiger partial charge on any atom is 0.409 e. The van der Waals surface area contributed by atoms with E-state index >= 15 is 0 Å². The normalized spacial score (nSPS) is 16.2. The van der Waals surface area contributed by atoms with Gasteiger partial charge in [0, 0.05) is 37.8 Å². The van der Waals surface area contributed by atoms with Crippen molar-refractivity contribution in [2.75, 3.05) is 52.3 Å². The summed E-state index contributed by atoms with van der Waals surface area (Å²) >= 11 is 0. The van der Waals surface area contributed by atoms with Gasteiger partial charge in [0.25, 0.3) is 0 Å².